The number of amides is 1. The van der Waals surface area contributed by atoms with Crippen molar-refractivity contribution in [2.24, 2.45) is 5.92 Å². The molecule has 1 amide bonds. The minimum Gasteiger partial charge on any atom is -0.477 e. The molecule has 0 aliphatic heterocycles. The quantitative estimate of drug-likeness (QED) is 0.681. The zero-order chi connectivity index (χ0) is 18.4. The van der Waals surface area contributed by atoms with Crippen molar-refractivity contribution >= 4 is 17.2 Å². The Morgan fingerprint density at radius 3 is 2.81 bits per heavy atom. The summed E-state index contributed by atoms with van der Waals surface area (Å²) in [5.41, 5.74) is 2.43. The van der Waals surface area contributed by atoms with Gasteiger partial charge < -0.3 is 10.1 Å². The zero-order valence-electron chi connectivity index (χ0n) is 14.8. The Kier molecular flexibility index (Phi) is 5.96. The van der Waals surface area contributed by atoms with Crippen molar-refractivity contribution < 1.29 is 9.53 Å². The molecule has 1 N–H and O–H groups in total. The largest absolute Gasteiger partial charge is 0.477 e. The summed E-state index contributed by atoms with van der Waals surface area (Å²) in [7, 11) is 0. The van der Waals surface area contributed by atoms with Gasteiger partial charge in [-0.1, -0.05) is 19.9 Å². The van der Waals surface area contributed by atoms with E-state index in [9.17, 15) is 4.79 Å². The third-order valence-electron chi connectivity index (χ3n) is 3.61. The van der Waals surface area contributed by atoms with Gasteiger partial charge in [0.15, 0.2) is 0 Å². The first-order valence-corrected chi connectivity index (χ1v) is 9.35. The number of rotatable bonds is 7. The molecule has 134 valence electrons. The molecule has 0 saturated carbocycles. The van der Waals surface area contributed by atoms with Crippen LogP contribution < -0.4 is 10.1 Å². The highest BCUT2D eigenvalue weighted by atomic mass is 32.1. The van der Waals surface area contributed by atoms with E-state index in [1.165, 1.54) is 6.20 Å². The third kappa shape index (κ3) is 4.89. The number of ether oxygens (including phenoxy) is 1. The van der Waals surface area contributed by atoms with Crippen LogP contribution in [0.1, 0.15) is 29.8 Å². The van der Waals surface area contributed by atoms with E-state index in [4.69, 9.17) is 4.74 Å². The average Bonchev–Trinajstić information content (AvgIpc) is 3.20. The van der Waals surface area contributed by atoms with Crippen molar-refractivity contribution in [3.63, 3.8) is 0 Å². The van der Waals surface area contributed by atoms with Crippen LogP contribution in [0.5, 0.6) is 5.88 Å². The Bertz CT molecular complexity index is 846. The molecule has 0 atom stereocenters. The molecule has 26 heavy (non-hydrogen) atoms. The lowest BCUT2D eigenvalue weighted by molar-refractivity contribution is 0.0950. The van der Waals surface area contributed by atoms with E-state index in [1.807, 2.05) is 29.6 Å². The molecule has 3 aromatic heterocycles. The minimum absolute atomic E-state index is 0.164. The third-order valence-corrected chi connectivity index (χ3v) is 4.51. The molecule has 0 aromatic carbocycles. The molecular formula is C20H21N3O2S. The van der Waals surface area contributed by atoms with E-state index in [0.717, 1.165) is 16.1 Å². The van der Waals surface area contributed by atoms with Crippen molar-refractivity contribution in [3.8, 4) is 16.5 Å². The fourth-order valence-electron chi connectivity index (χ4n) is 2.28. The fraction of sp³-hybridized carbons (Fsp3) is 0.250. The van der Waals surface area contributed by atoms with Crippen molar-refractivity contribution in [3.05, 3.63) is 65.3 Å². The van der Waals surface area contributed by atoms with Gasteiger partial charge in [0.2, 0.25) is 5.88 Å². The van der Waals surface area contributed by atoms with Crippen molar-refractivity contribution in [2.75, 3.05) is 6.61 Å². The number of carbonyl (C=O) groups excluding carboxylic acids is 1. The van der Waals surface area contributed by atoms with Crippen LogP contribution in [0.3, 0.4) is 0 Å². The molecule has 3 aromatic rings. The van der Waals surface area contributed by atoms with Crippen molar-refractivity contribution in [1.29, 1.82) is 0 Å². The fourth-order valence-corrected chi connectivity index (χ4v) is 2.97. The van der Waals surface area contributed by atoms with Gasteiger partial charge in [0.05, 0.1) is 22.7 Å². The van der Waals surface area contributed by atoms with E-state index in [1.54, 1.807) is 29.7 Å². The first kappa shape index (κ1) is 18.1. The van der Waals surface area contributed by atoms with Crippen LogP contribution in [0.2, 0.25) is 0 Å². The topological polar surface area (TPSA) is 64.1 Å². The van der Waals surface area contributed by atoms with Gasteiger partial charge in [-0.15, -0.1) is 11.3 Å². The smallest absolute Gasteiger partial charge is 0.253 e. The monoisotopic (exact) mass is 367 g/mol. The maximum Gasteiger partial charge on any atom is 0.253 e. The molecule has 0 saturated heterocycles. The van der Waals surface area contributed by atoms with Gasteiger partial charge in [-0.05, 0) is 41.1 Å². The molecule has 5 nitrogen and oxygen atoms in total. The maximum atomic E-state index is 12.3. The van der Waals surface area contributed by atoms with Gasteiger partial charge in [0.1, 0.15) is 0 Å². The Balaban J connectivity index is 1.58. The molecule has 3 heterocycles. The Morgan fingerprint density at radius 1 is 1.23 bits per heavy atom. The second-order valence-electron chi connectivity index (χ2n) is 6.30. The lowest BCUT2D eigenvalue weighted by atomic mass is 10.2. The number of pyridine rings is 2. The molecule has 3 rings (SSSR count). The minimum atomic E-state index is -0.164. The number of aromatic nitrogens is 2. The molecule has 0 radical (unpaired) electrons. The molecular weight excluding hydrogens is 346 g/mol. The number of nitrogens with zero attached hydrogens (tertiary/aromatic N) is 2. The van der Waals surface area contributed by atoms with Crippen LogP contribution in [0, 0.1) is 5.92 Å². The number of thiophene rings is 1. The number of hydrogen-bond acceptors (Lipinski definition) is 5. The van der Waals surface area contributed by atoms with Crippen LogP contribution in [0.25, 0.3) is 10.6 Å². The summed E-state index contributed by atoms with van der Waals surface area (Å²) in [6, 6.07) is 11.4. The highest BCUT2D eigenvalue weighted by Crippen LogP contribution is 2.23. The van der Waals surface area contributed by atoms with E-state index in [0.29, 0.717) is 30.5 Å². The Labute approximate surface area is 157 Å². The standard InChI is InChI=1S/C20H21N3O2S/c1-14(2)13-25-19-6-5-16(12-22-19)20(24)23-11-15-7-8-21-17(10-15)18-4-3-9-26-18/h3-10,12,14H,11,13H2,1-2H3,(H,23,24). The molecule has 0 fully saturated rings. The van der Waals surface area contributed by atoms with Crippen LogP contribution in [0.4, 0.5) is 0 Å². The molecule has 0 unspecified atom stereocenters. The molecule has 6 heteroatoms. The Morgan fingerprint density at radius 2 is 2.12 bits per heavy atom. The molecule has 0 aliphatic carbocycles. The van der Waals surface area contributed by atoms with Gasteiger partial charge in [-0.3, -0.25) is 9.78 Å². The van der Waals surface area contributed by atoms with Gasteiger partial charge in [-0.2, -0.15) is 0 Å². The summed E-state index contributed by atoms with van der Waals surface area (Å²) >= 11 is 1.64. The predicted molar refractivity (Wildman–Crippen MR) is 103 cm³/mol. The summed E-state index contributed by atoms with van der Waals surface area (Å²) < 4.78 is 5.53. The second-order valence-corrected chi connectivity index (χ2v) is 7.25. The van der Waals surface area contributed by atoms with Crippen LogP contribution >= 0.6 is 11.3 Å². The molecule has 0 bridgehead atoms. The van der Waals surface area contributed by atoms with E-state index in [2.05, 4.69) is 29.1 Å². The SMILES string of the molecule is CC(C)COc1ccc(C(=O)NCc2ccnc(-c3cccs3)c2)cn1. The Hall–Kier alpha value is -2.73. The highest BCUT2D eigenvalue weighted by molar-refractivity contribution is 7.13. The lowest BCUT2D eigenvalue weighted by Crippen LogP contribution is -2.23. The van der Waals surface area contributed by atoms with Crippen LogP contribution in [0.15, 0.2) is 54.2 Å². The normalized spacial score (nSPS) is 10.7. The highest BCUT2D eigenvalue weighted by Gasteiger charge is 2.08. The van der Waals surface area contributed by atoms with Crippen molar-refractivity contribution in [2.45, 2.75) is 20.4 Å². The molecule has 0 spiro atoms. The van der Waals surface area contributed by atoms with Gasteiger partial charge in [0, 0.05) is 25.0 Å². The van der Waals surface area contributed by atoms with Gasteiger partial charge in [-0.25, -0.2) is 4.98 Å². The van der Waals surface area contributed by atoms with Crippen LogP contribution in [-0.2, 0) is 6.54 Å². The number of hydrogen-bond donors (Lipinski definition) is 1. The van der Waals surface area contributed by atoms with Crippen molar-refractivity contribution in [1.82, 2.24) is 15.3 Å². The summed E-state index contributed by atoms with van der Waals surface area (Å²) in [5.74, 6) is 0.798. The lowest BCUT2D eigenvalue weighted by Gasteiger charge is -2.09. The maximum absolute atomic E-state index is 12.3. The number of nitrogens with one attached hydrogen (secondary N) is 1. The van der Waals surface area contributed by atoms with Crippen LogP contribution in [-0.4, -0.2) is 22.5 Å². The first-order valence-electron chi connectivity index (χ1n) is 8.47. The molecule has 0 aliphatic rings. The first-order chi connectivity index (χ1) is 12.6. The average molecular weight is 367 g/mol. The predicted octanol–water partition coefficient (Wildman–Crippen LogP) is 4.17. The summed E-state index contributed by atoms with van der Waals surface area (Å²) in [6.45, 7) is 5.19. The van der Waals surface area contributed by atoms with Gasteiger partial charge in [0.25, 0.3) is 5.91 Å². The zero-order valence-corrected chi connectivity index (χ0v) is 15.6. The summed E-state index contributed by atoms with van der Waals surface area (Å²) in [5, 5.41) is 4.93. The number of carbonyl (C=O) groups is 1. The second kappa shape index (κ2) is 8.58. The summed E-state index contributed by atoms with van der Waals surface area (Å²) in [4.78, 5) is 22.0. The van der Waals surface area contributed by atoms with E-state index in [-0.39, 0.29) is 5.91 Å². The summed E-state index contributed by atoms with van der Waals surface area (Å²) in [6.07, 6.45) is 3.30. The van der Waals surface area contributed by atoms with Gasteiger partial charge >= 0.3 is 0 Å². The van der Waals surface area contributed by atoms with E-state index < -0.39 is 0 Å². The van der Waals surface area contributed by atoms with E-state index >= 15 is 0 Å².